The van der Waals surface area contributed by atoms with Crippen molar-refractivity contribution in [2.45, 2.75) is 52.4 Å². The zero-order chi connectivity index (χ0) is 56.6. The zero-order valence-electron chi connectivity index (χ0n) is 47.2. The number of hydrogen-bond acceptors (Lipinski definition) is 2. The van der Waals surface area contributed by atoms with Gasteiger partial charge in [-0.3, -0.25) is 0 Å². The van der Waals surface area contributed by atoms with Gasteiger partial charge in [0.2, 0.25) is 0 Å². The Morgan fingerprint density at radius 3 is 1.01 bits per heavy atom. The van der Waals surface area contributed by atoms with Crippen LogP contribution in [0.15, 0.2) is 244 Å². The minimum atomic E-state index is -0.697. The first kappa shape index (κ1) is 51.8. The van der Waals surface area contributed by atoms with Crippen LogP contribution in [0.25, 0.3) is 34.4 Å². The molecule has 2 unspecified atom stereocenters. The molecule has 2 atom stereocenters. The maximum absolute atomic E-state index is 16.1. The van der Waals surface area contributed by atoms with Crippen LogP contribution in [-0.2, 0) is 10.8 Å². The maximum atomic E-state index is 16.1. The molecule has 0 fully saturated rings. The average molecular weight is 1070 g/mol. The van der Waals surface area contributed by atoms with Crippen molar-refractivity contribution in [2.75, 3.05) is 9.80 Å². The number of halogens is 2. The van der Waals surface area contributed by atoms with E-state index in [1.165, 1.54) is 55.6 Å². The Morgan fingerprint density at radius 1 is 0.305 bits per heavy atom. The van der Waals surface area contributed by atoms with Crippen LogP contribution >= 0.6 is 0 Å². The summed E-state index contributed by atoms with van der Waals surface area (Å²) in [4.78, 5) is 4.31. The van der Waals surface area contributed by atoms with Gasteiger partial charge in [-0.2, -0.15) is 0 Å². The first-order chi connectivity index (χ1) is 39.8. The molecule has 4 heteroatoms. The lowest BCUT2D eigenvalue weighted by Crippen LogP contribution is -2.30. The van der Waals surface area contributed by atoms with Crippen molar-refractivity contribution in [1.29, 1.82) is 0 Å². The van der Waals surface area contributed by atoms with Gasteiger partial charge in [-0.15, -0.1) is 0 Å². The number of rotatable bonds is 12. The molecule has 0 N–H and O–H groups in total. The van der Waals surface area contributed by atoms with Crippen LogP contribution < -0.4 is 9.80 Å². The summed E-state index contributed by atoms with van der Waals surface area (Å²) in [6.07, 6.45) is 3.78. The molecule has 0 spiro atoms. The molecule has 0 saturated carbocycles. The van der Waals surface area contributed by atoms with E-state index in [0.717, 1.165) is 67.3 Å². The van der Waals surface area contributed by atoms with Crippen LogP contribution in [0.5, 0.6) is 0 Å². The predicted octanol–water partition coefficient (Wildman–Crippen LogP) is 20.8. The third-order valence-electron chi connectivity index (χ3n) is 17.5. The van der Waals surface area contributed by atoms with Gasteiger partial charge in [-0.25, -0.2) is 8.78 Å². The lowest BCUT2D eigenvalue weighted by atomic mass is 9.66. The van der Waals surface area contributed by atoms with Crippen LogP contribution in [0.3, 0.4) is 0 Å². The number of anilines is 6. The largest absolute Gasteiger partial charge is 0.310 e. The minimum Gasteiger partial charge on any atom is -0.310 e. The molecule has 13 rings (SSSR count). The molecule has 0 bridgehead atoms. The van der Waals surface area contributed by atoms with Crippen LogP contribution in [-0.4, -0.2) is 0 Å². The van der Waals surface area contributed by atoms with E-state index in [9.17, 15) is 0 Å². The van der Waals surface area contributed by atoms with E-state index in [0.29, 0.717) is 22.5 Å². The third-order valence-corrected chi connectivity index (χ3v) is 17.5. The lowest BCUT2D eigenvalue weighted by molar-refractivity contribution is 0.618. The average Bonchev–Trinajstić information content (AvgIpc) is 2.99. The molecule has 2 aliphatic rings. The fraction of sp³-hybridized carbons (Fsp3) is 0.103. The van der Waals surface area contributed by atoms with E-state index in [1.54, 1.807) is 26.0 Å². The van der Waals surface area contributed by atoms with Crippen molar-refractivity contribution in [1.82, 2.24) is 0 Å². The summed E-state index contributed by atoms with van der Waals surface area (Å²) in [6.45, 7) is 20.5. The van der Waals surface area contributed by atoms with Crippen molar-refractivity contribution in [2.24, 2.45) is 0 Å². The second kappa shape index (κ2) is 20.2. The van der Waals surface area contributed by atoms with Crippen LogP contribution in [0, 0.1) is 53.2 Å². The Labute approximate surface area is 481 Å². The molecule has 0 radical (unpaired) electrons. The van der Waals surface area contributed by atoms with E-state index in [2.05, 4.69) is 245 Å². The standard InChI is InChI=1S/C78H62F2N2/c1-9-55-25-29-57(30-26-55)77(71-43-49(3)19-21-51(71)5)69-17-13-11-15-65(69)67-41-39-61(45-73(67)77)81(63-33-23-53(7)75(79)47-63)59-35-37-60(38-36-59)82(64-34-24-54(8)76(80)48-64)62-40-42-68-66-16-12-14-18-70(66)78(74(68)46-62,58-31-27-56(10-2)28-32-58)72-44-50(4)20-22-52(72)6/h9-48H,1-2H2,3-8H3. The molecule has 398 valence electrons. The zero-order valence-corrected chi connectivity index (χ0v) is 47.2. The molecule has 2 nitrogen and oxygen atoms in total. The fourth-order valence-electron chi connectivity index (χ4n) is 13.4. The van der Waals surface area contributed by atoms with Gasteiger partial charge < -0.3 is 9.80 Å². The summed E-state index contributed by atoms with van der Waals surface area (Å²) < 4.78 is 32.3. The molecular weight excluding hydrogens is 1000 g/mol. The molecule has 0 heterocycles. The fourth-order valence-corrected chi connectivity index (χ4v) is 13.4. The van der Waals surface area contributed by atoms with Gasteiger partial charge in [0.1, 0.15) is 11.6 Å². The molecule has 0 saturated heterocycles. The van der Waals surface area contributed by atoms with Crippen LogP contribution in [0.2, 0.25) is 0 Å². The number of hydrogen-bond donors (Lipinski definition) is 0. The van der Waals surface area contributed by atoms with Gasteiger partial charge in [0, 0.05) is 34.1 Å². The predicted molar refractivity (Wildman–Crippen MR) is 339 cm³/mol. The van der Waals surface area contributed by atoms with E-state index in [4.69, 9.17) is 0 Å². The van der Waals surface area contributed by atoms with Crippen molar-refractivity contribution in [3.8, 4) is 22.3 Å². The Morgan fingerprint density at radius 2 is 0.634 bits per heavy atom. The number of nitrogens with zero attached hydrogens (tertiary/aromatic N) is 2. The molecule has 82 heavy (non-hydrogen) atoms. The van der Waals surface area contributed by atoms with E-state index >= 15 is 8.78 Å². The second-order valence-corrected chi connectivity index (χ2v) is 22.4. The summed E-state index contributed by atoms with van der Waals surface area (Å²) in [5.74, 6) is -0.584. The van der Waals surface area contributed by atoms with E-state index < -0.39 is 10.8 Å². The van der Waals surface area contributed by atoms with Gasteiger partial charge in [0.15, 0.2) is 0 Å². The monoisotopic (exact) mass is 1060 g/mol. The molecule has 2 aliphatic carbocycles. The molecule has 11 aromatic rings. The highest BCUT2D eigenvalue weighted by atomic mass is 19.1. The summed E-state index contributed by atoms with van der Waals surface area (Å²) in [7, 11) is 0. The van der Waals surface area contributed by atoms with Gasteiger partial charge in [-0.1, -0.05) is 194 Å². The van der Waals surface area contributed by atoms with Crippen molar-refractivity contribution in [3.05, 3.63) is 344 Å². The van der Waals surface area contributed by atoms with E-state index in [1.807, 2.05) is 36.4 Å². The Balaban J connectivity index is 1.01. The molecule has 11 aromatic carbocycles. The first-order valence-corrected chi connectivity index (χ1v) is 28.2. The highest BCUT2D eigenvalue weighted by molar-refractivity contribution is 5.92. The van der Waals surface area contributed by atoms with Gasteiger partial charge >= 0.3 is 0 Å². The van der Waals surface area contributed by atoms with Crippen LogP contribution in [0.4, 0.5) is 42.9 Å². The Bertz CT molecular complexity index is 4080. The quantitative estimate of drug-likeness (QED) is 0.120. The van der Waals surface area contributed by atoms with Gasteiger partial charge in [0.25, 0.3) is 0 Å². The van der Waals surface area contributed by atoms with Gasteiger partial charge in [-0.05, 0) is 214 Å². The topological polar surface area (TPSA) is 6.48 Å². The Hall–Kier alpha value is -9.64. The highest BCUT2D eigenvalue weighted by Gasteiger charge is 2.49. The number of benzene rings is 11. The molecule has 0 amide bonds. The van der Waals surface area contributed by atoms with Crippen molar-refractivity contribution in [3.63, 3.8) is 0 Å². The first-order valence-electron chi connectivity index (χ1n) is 28.2. The van der Waals surface area contributed by atoms with Crippen molar-refractivity contribution < 1.29 is 8.78 Å². The SMILES string of the molecule is C=Cc1ccc(C2(c3cc(C)ccc3C)c3ccccc3-c3ccc(N(c4ccc(N(c5ccc(C)c(F)c5)c5ccc6c(c5)C(c5ccc(C=C)cc5)(c5cc(C)ccc5C)c5ccccc5-6)cc4)c4ccc(C)c(F)c4)cc32)cc1. The maximum Gasteiger partial charge on any atom is 0.128 e. The number of fused-ring (bicyclic) bond motifs is 6. The summed E-state index contributed by atoms with van der Waals surface area (Å²) in [5.41, 5.74) is 25.3. The summed E-state index contributed by atoms with van der Waals surface area (Å²) in [6, 6.07) is 81.5. The lowest BCUT2D eigenvalue weighted by Gasteiger charge is -2.36. The summed E-state index contributed by atoms with van der Waals surface area (Å²) >= 11 is 0. The highest BCUT2D eigenvalue weighted by Crippen LogP contribution is 2.60. The molecule has 0 aliphatic heterocycles. The normalized spacial score (nSPS) is 15.5. The second-order valence-electron chi connectivity index (χ2n) is 22.4. The Kier molecular flexibility index (Phi) is 12.7. The third kappa shape index (κ3) is 8.10. The van der Waals surface area contributed by atoms with E-state index in [-0.39, 0.29) is 11.6 Å². The molecule has 0 aromatic heterocycles. The molecular formula is C78H62F2N2. The summed E-state index contributed by atoms with van der Waals surface area (Å²) in [5, 5.41) is 0. The smallest absolute Gasteiger partial charge is 0.128 e. The van der Waals surface area contributed by atoms with Gasteiger partial charge in [0.05, 0.1) is 10.8 Å². The van der Waals surface area contributed by atoms with Crippen LogP contribution in [0.1, 0.15) is 89.0 Å². The van der Waals surface area contributed by atoms with Crippen molar-refractivity contribution >= 4 is 46.3 Å². The minimum absolute atomic E-state index is 0.292. The number of aryl methyl sites for hydroxylation is 6.